The van der Waals surface area contributed by atoms with Gasteiger partial charge in [0.05, 0.1) is 18.9 Å². The number of nitrogens with zero attached hydrogens (tertiary/aromatic N) is 4. The van der Waals surface area contributed by atoms with Crippen LogP contribution in [0.2, 0.25) is 0 Å². The molecule has 0 radical (unpaired) electrons. The fourth-order valence-corrected chi connectivity index (χ4v) is 2.95. The molecule has 1 unspecified atom stereocenters. The van der Waals surface area contributed by atoms with Gasteiger partial charge in [-0.1, -0.05) is 0 Å². The molecular formula is C16H20N4O3. The molecule has 2 heterocycles. The van der Waals surface area contributed by atoms with E-state index < -0.39 is 6.10 Å². The number of rotatable bonds is 3. The number of pyridine rings is 1. The van der Waals surface area contributed by atoms with E-state index >= 15 is 0 Å². The molecule has 122 valence electrons. The Morgan fingerprint density at radius 3 is 2.87 bits per heavy atom. The van der Waals surface area contributed by atoms with Crippen LogP contribution < -0.4 is 9.64 Å². The summed E-state index contributed by atoms with van der Waals surface area (Å²) in [5.41, 5.74) is 1.03. The van der Waals surface area contributed by atoms with Crippen LogP contribution in [0.25, 0.3) is 0 Å². The second-order valence-corrected chi connectivity index (χ2v) is 5.98. The lowest BCUT2D eigenvalue weighted by atomic mass is 10.2. The van der Waals surface area contributed by atoms with Gasteiger partial charge in [-0.05, 0) is 18.9 Å². The van der Waals surface area contributed by atoms with Crippen LogP contribution in [0.15, 0.2) is 12.3 Å². The third-order valence-corrected chi connectivity index (χ3v) is 4.28. The molecule has 23 heavy (non-hydrogen) atoms. The average molecular weight is 316 g/mol. The van der Waals surface area contributed by atoms with Crippen molar-refractivity contribution in [2.75, 3.05) is 38.2 Å². The molecule has 1 aromatic heterocycles. The first kappa shape index (κ1) is 15.6. The molecule has 1 aliphatic carbocycles. The normalized spacial score (nSPS) is 21.5. The number of anilines is 1. The molecule has 7 heteroatoms. The number of aliphatic hydroxyl groups is 1. The van der Waals surface area contributed by atoms with Crippen LogP contribution in [0, 0.1) is 17.2 Å². The number of hydrogen-bond acceptors (Lipinski definition) is 6. The molecule has 2 fully saturated rings. The Labute approximate surface area is 135 Å². The van der Waals surface area contributed by atoms with Gasteiger partial charge < -0.3 is 19.6 Å². The predicted molar refractivity (Wildman–Crippen MR) is 83.0 cm³/mol. The highest BCUT2D eigenvalue weighted by Crippen LogP contribution is 2.32. The zero-order chi connectivity index (χ0) is 16.4. The SMILES string of the molecule is COc1nccc(N2CCN(C(=O)C3CC3)CC(O)C2)c1C#N. The zero-order valence-corrected chi connectivity index (χ0v) is 13.1. The van der Waals surface area contributed by atoms with Gasteiger partial charge in [0.25, 0.3) is 0 Å². The summed E-state index contributed by atoms with van der Waals surface area (Å²) in [4.78, 5) is 19.9. The van der Waals surface area contributed by atoms with E-state index in [1.165, 1.54) is 7.11 Å². The maximum Gasteiger partial charge on any atom is 0.233 e. The van der Waals surface area contributed by atoms with Gasteiger partial charge in [-0.2, -0.15) is 5.26 Å². The summed E-state index contributed by atoms with van der Waals surface area (Å²) in [6.45, 7) is 1.82. The van der Waals surface area contributed by atoms with Crippen molar-refractivity contribution in [2.45, 2.75) is 18.9 Å². The highest BCUT2D eigenvalue weighted by atomic mass is 16.5. The summed E-state index contributed by atoms with van der Waals surface area (Å²) in [5.74, 6) is 0.554. The Balaban J connectivity index is 1.81. The number of aromatic nitrogens is 1. The molecule has 1 N–H and O–H groups in total. The molecule has 1 saturated heterocycles. The number of amides is 1. The molecule has 7 nitrogen and oxygen atoms in total. The Hall–Kier alpha value is -2.33. The van der Waals surface area contributed by atoms with E-state index in [4.69, 9.17) is 4.74 Å². The molecule has 3 rings (SSSR count). The average Bonchev–Trinajstić information content (AvgIpc) is 3.40. The van der Waals surface area contributed by atoms with Crippen molar-refractivity contribution >= 4 is 11.6 Å². The van der Waals surface area contributed by atoms with Crippen molar-refractivity contribution in [1.29, 1.82) is 5.26 Å². The van der Waals surface area contributed by atoms with Crippen molar-refractivity contribution in [3.63, 3.8) is 0 Å². The first-order valence-corrected chi connectivity index (χ1v) is 7.79. The molecule has 1 aromatic rings. The molecule has 0 spiro atoms. The number of methoxy groups -OCH3 is 1. The highest BCUT2D eigenvalue weighted by Gasteiger charge is 2.35. The largest absolute Gasteiger partial charge is 0.480 e. The van der Waals surface area contributed by atoms with Crippen molar-refractivity contribution < 1.29 is 14.6 Å². The standard InChI is InChI=1S/C16H20N4O3/c1-23-15-13(8-17)14(4-5-18-15)19-6-7-20(10-12(21)9-19)16(22)11-2-3-11/h4-5,11-12,21H,2-3,6-7,9-10H2,1H3. The summed E-state index contributed by atoms with van der Waals surface area (Å²) in [7, 11) is 1.47. The van der Waals surface area contributed by atoms with Gasteiger partial charge >= 0.3 is 0 Å². The van der Waals surface area contributed by atoms with E-state index in [1.54, 1.807) is 17.2 Å². The summed E-state index contributed by atoms with van der Waals surface area (Å²) < 4.78 is 5.14. The van der Waals surface area contributed by atoms with Crippen LogP contribution in [-0.4, -0.2) is 60.3 Å². The highest BCUT2D eigenvalue weighted by molar-refractivity contribution is 5.81. The Bertz CT molecular complexity index is 639. The Morgan fingerprint density at radius 2 is 2.22 bits per heavy atom. The fraction of sp³-hybridized carbons (Fsp3) is 0.562. The lowest BCUT2D eigenvalue weighted by molar-refractivity contribution is -0.133. The number of β-amino-alcohol motifs (C(OH)–C–C–N with tert-alkyl or cyclic N) is 1. The Morgan fingerprint density at radius 1 is 1.43 bits per heavy atom. The lowest BCUT2D eigenvalue weighted by Crippen LogP contribution is -2.38. The number of carbonyl (C=O) groups is 1. The quantitative estimate of drug-likeness (QED) is 0.867. The molecule has 2 aliphatic rings. The van der Waals surface area contributed by atoms with E-state index in [0.29, 0.717) is 37.4 Å². The zero-order valence-electron chi connectivity index (χ0n) is 13.1. The van der Waals surface area contributed by atoms with Crippen molar-refractivity contribution in [3.05, 3.63) is 17.8 Å². The van der Waals surface area contributed by atoms with Crippen LogP contribution in [0.1, 0.15) is 18.4 Å². The minimum Gasteiger partial charge on any atom is -0.480 e. The minimum atomic E-state index is -0.647. The Kier molecular flexibility index (Phi) is 4.35. The number of carbonyl (C=O) groups excluding carboxylic acids is 1. The monoisotopic (exact) mass is 316 g/mol. The molecule has 1 atom stereocenters. The summed E-state index contributed by atoms with van der Waals surface area (Å²) in [6.07, 6.45) is 2.84. The first-order valence-electron chi connectivity index (χ1n) is 7.79. The van der Waals surface area contributed by atoms with Crippen molar-refractivity contribution in [2.24, 2.45) is 5.92 Å². The van der Waals surface area contributed by atoms with Gasteiger partial charge in [-0.3, -0.25) is 4.79 Å². The van der Waals surface area contributed by atoms with Gasteiger partial charge in [0.15, 0.2) is 0 Å². The number of nitriles is 1. The van der Waals surface area contributed by atoms with Crippen LogP contribution in [0.5, 0.6) is 5.88 Å². The maximum atomic E-state index is 12.2. The van der Waals surface area contributed by atoms with Crippen LogP contribution in [0.4, 0.5) is 5.69 Å². The van der Waals surface area contributed by atoms with Gasteiger partial charge in [0.2, 0.25) is 11.8 Å². The molecule has 1 amide bonds. The van der Waals surface area contributed by atoms with E-state index in [-0.39, 0.29) is 17.7 Å². The number of aliphatic hydroxyl groups excluding tert-OH is 1. The van der Waals surface area contributed by atoms with E-state index in [2.05, 4.69) is 11.1 Å². The van der Waals surface area contributed by atoms with Crippen molar-refractivity contribution in [3.8, 4) is 11.9 Å². The third kappa shape index (κ3) is 3.22. The third-order valence-electron chi connectivity index (χ3n) is 4.28. The molecule has 0 bridgehead atoms. The summed E-state index contributed by atoms with van der Waals surface area (Å²) >= 11 is 0. The molecular weight excluding hydrogens is 296 g/mol. The van der Waals surface area contributed by atoms with E-state index in [1.807, 2.05) is 4.90 Å². The van der Waals surface area contributed by atoms with E-state index in [9.17, 15) is 15.2 Å². The summed E-state index contributed by atoms with van der Waals surface area (Å²) in [5, 5.41) is 19.7. The molecule has 1 saturated carbocycles. The predicted octanol–water partition coefficient (Wildman–Crippen LogP) is 0.381. The van der Waals surface area contributed by atoms with Crippen molar-refractivity contribution in [1.82, 2.24) is 9.88 Å². The first-order chi connectivity index (χ1) is 11.1. The van der Waals surface area contributed by atoms with Gasteiger partial charge in [-0.15, -0.1) is 0 Å². The van der Waals surface area contributed by atoms with Gasteiger partial charge in [0.1, 0.15) is 11.6 Å². The molecule has 0 aromatic carbocycles. The minimum absolute atomic E-state index is 0.138. The lowest BCUT2D eigenvalue weighted by Gasteiger charge is -2.25. The molecule has 1 aliphatic heterocycles. The second kappa shape index (κ2) is 6.42. The maximum absolute atomic E-state index is 12.2. The van der Waals surface area contributed by atoms with Gasteiger partial charge in [0, 0.05) is 38.3 Å². The number of hydrogen-bond donors (Lipinski definition) is 1. The fourth-order valence-electron chi connectivity index (χ4n) is 2.95. The van der Waals surface area contributed by atoms with Crippen LogP contribution in [0.3, 0.4) is 0 Å². The van der Waals surface area contributed by atoms with E-state index in [0.717, 1.165) is 12.8 Å². The summed E-state index contributed by atoms with van der Waals surface area (Å²) in [6, 6.07) is 3.86. The number of ether oxygens (including phenoxy) is 1. The van der Waals surface area contributed by atoms with Gasteiger partial charge in [-0.25, -0.2) is 4.98 Å². The van der Waals surface area contributed by atoms with Crippen LogP contribution >= 0.6 is 0 Å². The van der Waals surface area contributed by atoms with Crippen LogP contribution in [-0.2, 0) is 4.79 Å². The smallest absolute Gasteiger partial charge is 0.233 e. The second-order valence-electron chi connectivity index (χ2n) is 5.98. The topological polar surface area (TPSA) is 89.7 Å².